The molecule has 0 bridgehead atoms. The van der Waals surface area contributed by atoms with Gasteiger partial charge in [0.1, 0.15) is 11.6 Å². The van der Waals surface area contributed by atoms with Gasteiger partial charge in [-0.2, -0.15) is 0 Å². The lowest BCUT2D eigenvalue weighted by molar-refractivity contribution is -0.127. The highest BCUT2D eigenvalue weighted by atomic mass is 79.9. The molecule has 136 valence electrons. The summed E-state index contributed by atoms with van der Waals surface area (Å²) in [6.45, 7) is 2.28. The van der Waals surface area contributed by atoms with Gasteiger partial charge in [-0.15, -0.1) is 0 Å². The molecule has 0 aliphatic heterocycles. The number of nitrogens with zero attached hydrogens (tertiary/aromatic N) is 1. The van der Waals surface area contributed by atoms with Crippen LogP contribution in [0.3, 0.4) is 0 Å². The van der Waals surface area contributed by atoms with Crippen molar-refractivity contribution < 1.29 is 9.53 Å². The smallest absolute Gasteiger partial charge is 0.260 e. The maximum atomic E-state index is 12.2. The number of carbonyl (C=O) groups is 1. The number of rotatable bonds is 7. The molecule has 2 aromatic carbocycles. The Bertz CT molecular complexity index is 880. The molecule has 1 atom stereocenters. The monoisotopic (exact) mass is 435 g/mol. The number of para-hydroxylation sites is 2. The molecule has 2 N–H and O–H groups in total. The van der Waals surface area contributed by atoms with Gasteiger partial charge in [0.2, 0.25) is 0 Å². The number of H-pyrrole nitrogens is 1. The number of hydrogen-bond donors (Lipinski definition) is 2. The first-order valence-electron chi connectivity index (χ1n) is 8.36. The molecule has 0 unspecified atom stereocenters. The molecule has 0 saturated heterocycles. The molecule has 1 amide bonds. The van der Waals surface area contributed by atoms with Crippen molar-refractivity contribution in [1.82, 2.24) is 15.3 Å². The minimum absolute atomic E-state index is 0.156. The molecule has 5 nitrogen and oxygen atoms in total. The summed E-state index contributed by atoms with van der Waals surface area (Å²) < 4.78 is 6.40. The summed E-state index contributed by atoms with van der Waals surface area (Å²) in [5, 5.41) is 3.49. The van der Waals surface area contributed by atoms with E-state index in [4.69, 9.17) is 16.3 Å². The van der Waals surface area contributed by atoms with Gasteiger partial charge in [0, 0.05) is 18.0 Å². The minimum Gasteiger partial charge on any atom is -0.480 e. The van der Waals surface area contributed by atoms with Crippen molar-refractivity contribution in [3.63, 3.8) is 0 Å². The SMILES string of the molecule is C[C@@H](Oc1ccc(Cl)cc1Br)C(=O)NCCCc1nc2ccccc2[nH]1. The molecule has 0 saturated carbocycles. The lowest BCUT2D eigenvalue weighted by Gasteiger charge is -2.15. The topological polar surface area (TPSA) is 67.0 Å². The number of benzene rings is 2. The highest BCUT2D eigenvalue weighted by Gasteiger charge is 2.15. The Labute approximate surface area is 165 Å². The van der Waals surface area contributed by atoms with Crippen LogP contribution >= 0.6 is 27.5 Å². The zero-order valence-corrected chi connectivity index (χ0v) is 16.6. The fourth-order valence-corrected chi connectivity index (χ4v) is 3.33. The Hall–Kier alpha value is -2.05. The summed E-state index contributed by atoms with van der Waals surface area (Å²) in [6, 6.07) is 13.1. The van der Waals surface area contributed by atoms with E-state index < -0.39 is 6.10 Å². The van der Waals surface area contributed by atoms with Gasteiger partial charge < -0.3 is 15.0 Å². The number of fused-ring (bicyclic) bond motifs is 1. The molecule has 3 rings (SSSR count). The predicted octanol–water partition coefficient (Wildman–Crippen LogP) is 4.50. The van der Waals surface area contributed by atoms with Crippen molar-refractivity contribution in [1.29, 1.82) is 0 Å². The molecule has 1 aromatic heterocycles. The van der Waals surface area contributed by atoms with E-state index in [1.807, 2.05) is 24.3 Å². The van der Waals surface area contributed by atoms with Gasteiger partial charge in [0.05, 0.1) is 15.5 Å². The van der Waals surface area contributed by atoms with Crippen molar-refractivity contribution in [2.45, 2.75) is 25.9 Å². The summed E-state index contributed by atoms with van der Waals surface area (Å²) in [7, 11) is 0. The standard InChI is InChI=1S/C19H19BrClN3O2/c1-12(26-17-9-8-13(21)11-14(17)20)19(25)22-10-4-7-18-23-15-5-2-3-6-16(15)24-18/h2-3,5-6,8-9,11-12H,4,7,10H2,1H3,(H,22,25)(H,23,24)/t12-/m1/s1. The third-order valence-corrected chi connectivity index (χ3v) is 4.75. The van der Waals surface area contributed by atoms with Crippen LogP contribution in [0.25, 0.3) is 11.0 Å². The quantitative estimate of drug-likeness (QED) is 0.536. The van der Waals surface area contributed by atoms with Crippen LogP contribution in [0.2, 0.25) is 5.02 Å². The van der Waals surface area contributed by atoms with Gasteiger partial charge in [-0.1, -0.05) is 23.7 Å². The van der Waals surface area contributed by atoms with E-state index in [0.717, 1.165) is 34.2 Å². The second-order valence-corrected chi connectivity index (χ2v) is 7.22. The fraction of sp³-hybridized carbons (Fsp3) is 0.263. The second kappa shape index (κ2) is 8.56. The van der Waals surface area contributed by atoms with Crippen molar-refractivity contribution >= 4 is 44.5 Å². The number of nitrogens with one attached hydrogen (secondary N) is 2. The number of halogens is 2. The number of hydrogen-bond acceptors (Lipinski definition) is 3. The first-order valence-corrected chi connectivity index (χ1v) is 9.53. The minimum atomic E-state index is -0.598. The van der Waals surface area contributed by atoms with E-state index in [9.17, 15) is 4.79 Å². The molecule has 0 spiro atoms. The number of amides is 1. The van der Waals surface area contributed by atoms with E-state index in [1.165, 1.54) is 0 Å². The van der Waals surface area contributed by atoms with Crippen LogP contribution in [0.1, 0.15) is 19.2 Å². The maximum absolute atomic E-state index is 12.2. The van der Waals surface area contributed by atoms with Gasteiger partial charge in [0.15, 0.2) is 6.10 Å². The Morgan fingerprint density at radius 2 is 2.15 bits per heavy atom. The Morgan fingerprint density at radius 1 is 1.35 bits per heavy atom. The van der Waals surface area contributed by atoms with Crippen molar-refractivity contribution in [3.05, 3.63) is 57.8 Å². The van der Waals surface area contributed by atoms with Crippen LogP contribution in [-0.4, -0.2) is 28.5 Å². The lowest BCUT2D eigenvalue weighted by Crippen LogP contribution is -2.37. The first kappa shape index (κ1) is 18.7. The lowest BCUT2D eigenvalue weighted by atomic mass is 10.3. The van der Waals surface area contributed by atoms with Gasteiger partial charge in [-0.3, -0.25) is 4.79 Å². The van der Waals surface area contributed by atoms with E-state index in [-0.39, 0.29) is 5.91 Å². The van der Waals surface area contributed by atoms with Gasteiger partial charge in [-0.25, -0.2) is 4.98 Å². The van der Waals surface area contributed by atoms with E-state index in [1.54, 1.807) is 25.1 Å². The number of aromatic amines is 1. The highest BCUT2D eigenvalue weighted by molar-refractivity contribution is 9.10. The summed E-state index contributed by atoms with van der Waals surface area (Å²) in [4.78, 5) is 20.0. The maximum Gasteiger partial charge on any atom is 0.260 e. The van der Waals surface area contributed by atoms with Crippen molar-refractivity contribution in [2.75, 3.05) is 6.54 Å². The first-order chi connectivity index (χ1) is 12.5. The van der Waals surface area contributed by atoms with Crippen LogP contribution in [0.15, 0.2) is 46.9 Å². The van der Waals surface area contributed by atoms with Crippen LogP contribution in [-0.2, 0) is 11.2 Å². The fourth-order valence-electron chi connectivity index (χ4n) is 2.55. The summed E-state index contributed by atoms with van der Waals surface area (Å²) >= 11 is 9.28. The number of imidazole rings is 1. The van der Waals surface area contributed by atoms with Gasteiger partial charge in [-0.05, 0) is 59.6 Å². The van der Waals surface area contributed by atoms with E-state index in [2.05, 4.69) is 31.2 Å². The molecule has 0 radical (unpaired) electrons. The highest BCUT2D eigenvalue weighted by Crippen LogP contribution is 2.28. The zero-order chi connectivity index (χ0) is 18.5. The molecular weight excluding hydrogens is 418 g/mol. The Balaban J connectivity index is 1.44. The van der Waals surface area contributed by atoms with Crippen molar-refractivity contribution in [3.8, 4) is 5.75 Å². The molecule has 3 aromatic rings. The average molecular weight is 437 g/mol. The number of aryl methyl sites for hydroxylation is 1. The average Bonchev–Trinajstić information content (AvgIpc) is 3.03. The second-order valence-electron chi connectivity index (χ2n) is 5.93. The van der Waals surface area contributed by atoms with Crippen LogP contribution < -0.4 is 10.1 Å². The molecule has 0 fully saturated rings. The number of ether oxygens (including phenoxy) is 1. The van der Waals surface area contributed by atoms with E-state index in [0.29, 0.717) is 17.3 Å². The molecular formula is C19H19BrClN3O2. The van der Waals surface area contributed by atoms with Gasteiger partial charge >= 0.3 is 0 Å². The number of carbonyl (C=O) groups excluding carboxylic acids is 1. The van der Waals surface area contributed by atoms with Crippen LogP contribution in [0.5, 0.6) is 5.75 Å². The Morgan fingerprint density at radius 3 is 2.92 bits per heavy atom. The molecule has 0 aliphatic carbocycles. The summed E-state index contributed by atoms with van der Waals surface area (Å²) in [6.07, 6.45) is 0.967. The van der Waals surface area contributed by atoms with E-state index >= 15 is 0 Å². The normalized spacial score (nSPS) is 12.1. The number of aromatic nitrogens is 2. The van der Waals surface area contributed by atoms with Gasteiger partial charge in [0.25, 0.3) is 5.91 Å². The molecule has 0 aliphatic rings. The molecule has 1 heterocycles. The Kier molecular flexibility index (Phi) is 6.16. The largest absolute Gasteiger partial charge is 0.480 e. The summed E-state index contributed by atoms with van der Waals surface area (Å²) in [5.41, 5.74) is 1.99. The van der Waals surface area contributed by atoms with Crippen LogP contribution in [0.4, 0.5) is 0 Å². The third-order valence-electron chi connectivity index (χ3n) is 3.89. The van der Waals surface area contributed by atoms with Crippen molar-refractivity contribution in [2.24, 2.45) is 0 Å². The third kappa shape index (κ3) is 4.77. The summed E-state index contributed by atoms with van der Waals surface area (Å²) in [5.74, 6) is 1.35. The van der Waals surface area contributed by atoms with Crippen LogP contribution in [0, 0.1) is 0 Å². The molecule has 7 heteroatoms. The molecule has 26 heavy (non-hydrogen) atoms. The predicted molar refractivity (Wildman–Crippen MR) is 107 cm³/mol. The zero-order valence-electron chi connectivity index (χ0n) is 14.3.